The molecule has 0 heterocycles. The van der Waals surface area contributed by atoms with Crippen LogP contribution in [0, 0.1) is 0 Å². The van der Waals surface area contributed by atoms with Crippen LogP contribution in [-0.2, 0) is 5.41 Å². The molecule has 1 aromatic carbocycles. The Hall–Kier alpha value is -1.24. The Labute approximate surface area is 99.1 Å². The van der Waals surface area contributed by atoms with E-state index in [2.05, 4.69) is 52.5 Å². The van der Waals surface area contributed by atoms with Gasteiger partial charge in [-0.25, -0.2) is 0 Å². The molecule has 0 spiro atoms. The van der Waals surface area contributed by atoms with Crippen LogP contribution in [0.1, 0.15) is 44.7 Å². The second-order valence-corrected chi connectivity index (χ2v) is 5.27. The maximum atomic E-state index is 5.35. The molecular formula is C15H22O. The first-order valence-electron chi connectivity index (χ1n) is 5.70. The molecule has 0 amide bonds. The van der Waals surface area contributed by atoms with E-state index in [1.807, 2.05) is 6.08 Å². The van der Waals surface area contributed by atoms with Crippen molar-refractivity contribution in [1.82, 2.24) is 0 Å². The molecule has 0 aliphatic heterocycles. The van der Waals surface area contributed by atoms with Crippen molar-refractivity contribution in [3.8, 4) is 5.75 Å². The van der Waals surface area contributed by atoms with Gasteiger partial charge in [-0.05, 0) is 34.6 Å². The predicted molar refractivity (Wildman–Crippen MR) is 70.3 cm³/mol. The van der Waals surface area contributed by atoms with Gasteiger partial charge in [-0.1, -0.05) is 39.8 Å². The van der Waals surface area contributed by atoms with Crippen LogP contribution in [0.5, 0.6) is 5.75 Å². The number of rotatable bonds is 3. The average molecular weight is 218 g/mol. The second kappa shape index (κ2) is 4.73. The van der Waals surface area contributed by atoms with Crippen LogP contribution in [0.15, 0.2) is 30.9 Å². The van der Waals surface area contributed by atoms with E-state index < -0.39 is 0 Å². The maximum Gasteiger partial charge on any atom is 0.119 e. The Balaban J connectivity index is 3.26. The van der Waals surface area contributed by atoms with E-state index in [1.54, 1.807) is 7.11 Å². The lowest BCUT2D eigenvalue weighted by Crippen LogP contribution is -2.12. The molecule has 16 heavy (non-hydrogen) atoms. The van der Waals surface area contributed by atoms with Gasteiger partial charge in [-0.15, -0.1) is 6.58 Å². The Morgan fingerprint density at radius 3 is 2.31 bits per heavy atom. The lowest BCUT2D eigenvalue weighted by Gasteiger charge is -2.22. The molecule has 0 aliphatic rings. The minimum absolute atomic E-state index is 0.143. The van der Waals surface area contributed by atoms with Crippen molar-refractivity contribution < 1.29 is 4.74 Å². The molecule has 1 heteroatoms. The first kappa shape index (κ1) is 12.8. The quantitative estimate of drug-likeness (QED) is 0.688. The second-order valence-electron chi connectivity index (χ2n) is 5.27. The van der Waals surface area contributed by atoms with Crippen molar-refractivity contribution in [2.24, 2.45) is 0 Å². The number of hydrogen-bond donors (Lipinski definition) is 0. The zero-order valence-electron chi connectivity index (χ0n) is 11.0. The molecule has 0 radical (unpaired) electrons. The van der Waals surface area contributed by atoms with Gasteiger partial charge in [0.25, 0.3) is 0 Å². The summed E-state index contributed by atoms with van der Waals surface area (Å²) in [5.74, 6) is 1.28. The van der Waals surface area contributed by atoms with E-state index >= 15 is 0 Å². The van der Waals surface area contributed by atoms with Crippen molar-refractivity contribution in [2.45, 2.75) is 39.0 Å². The molecule has 0 N–H and O–H groups in total. The molecule has 1 atom stereocenters. The summed E-state index contributed by atoms with van der Waals surface area (Å²) in [6.45, 7) is 12.6. The normalized spacial score (nSPS) is 13.3. The number of ether oxygens (including phenoxy) is 1. The summed E-state index contributed by atoms with van der Waals surface area (Å²) in [5.41, 5.74) is 2.71. The van der Waals surface area contributed by atoms with Crippen molar-refractivity contribution in [3.63, 3.8) is 0 Å². The van der Waals surface area contributed by atoms with E-state index in [-0.39, 0.29) is 5.41 Å². The van der Waals surface area contributed by atoms with Gasteiger partial charge in [0.15, 0.2) is 0 Å². The van der Waals surface area contributed by atoms with E-state index in [0.717, 1.165) is 5.75 Å². The van der Waals surface area contributed by atoms with Gasteiger partial charge < -0.3 is 4.74 Å². The minimum Gasteiger partial charge on any atom is -0.497 e. The van der Waals surface area contributed by atoms with Gasteiger partial charge in [0, 0.05) is 0 Å². The van der Waals surface area contributed by atoms with Crippen molar-refractivity contribution in [1.29, 1.82) is 0 Å². The highest BCUT2D eigenvalue weighted by Gasteiger charge is 2.16. The third-order valence-electron chi connectivity index (χ3n) is 2.91. The molecule has 1 rings (SSSR count). The predicted octanol–water partition coefficient (Wildman–Crippen LogP) is 4.28. The zero-order valence-corrected chi connectivity index (χ0v) is 11.0. The standard InChI is InChI=1S/C15H22O/c1-7-11(2)12-8-13(15(3,4)5)10-14(9-12)16-6/h7-11H,1H2,2-6H3. The lowest BCUT2D eigenvalue weighted by atomic mass is 9.84. The summed E-state index contributed by atoms with van der Waals surface area (Å²) in [6.07, 6.45) is 1.96. The van der Waals surface area contributed by atoms with Crippen LogP contribution in [-0.4, -0.2) is 7.11 Å². The maximum absolute atomic E-state index is 5.35. The van der Waals surface area contributed by atoms with Gasteiger partial charge in [-0.2, -0.15) is 0 Å². The molecule has 0 saturated heterocycles. The van der Waals surface area contributed by atoms with E-state index in [9.17, 15) is 0 Å². The highest BCUT2D eigenvalue weighted by Crippen LogP contribution is 2.30. The Morgan fingerprint density at radius 2 is 1.88 bits per heavy atom. The van der Waals surface area contributed by atoms with E-state index in [0.29, 0.717) is 5.92 Å². The molecule has 1 nitrogen and oxygen atoms in total. The third kappa shape index (κ3) is 2.88. The number of hydrogen-bond acceptors (Lipinski definition) is 1. The van der Waals surface area contributed by atoms with Crippen LogP contribution in [0.2, 0.25) is 0 Å². The Morgan fingerprint density at radius 1 is 1.25 bits per heavy atom. The van der Waals surface area contributed by atoms with Gasteiger partial charge >= 0.3 is 0 Å². The molecule has 0 aromatic heterocycles. The van der Waals surface area contributed by atoms with E-state index in [1.165, 1.54) is 11.1 Å². The number of methoxy groups -OCH3 is 1. The van der Waals surface area contributed by atoms with Crippen molar-refractivity contribution >= 4 is 0 Å². The smallest absolute Gasteiger partial charge is 0.119 e. The summed E-state index contributed by atoms with van der Waals surface area (Å²) in [4.78, 5) is 0. The van der Waals surface area contributed by atoms with Gasteiger partial charge in [0.2, 0.25) is 0 Å². The third-order valence-corrected chi connectivity index (χ3v) is 2.91. The Kier molecular flexibility index (Phi) is 3.79. The first-order valence-corrected chi connectivity index (χ1v) is 5.70. The Bertz CT molecular complexity index is 372. The van der Waals surface area contributed by atoms with Crippen LogP contribution in [0.4, 0.5) is 0 Å². The molecule has 0 bridgehead atoms. The van der Waals surface area contributed by atoms with Crippen LogP contribution in [0.25, 0.3) is 0 Å². The molecule has 1 unspecified atom stereocenters. The van der Waals surface area contributed by atoms with Crippen LogP contribution in [0.3, 0.4) is 0 Å². The minimum atomic E-state index is 0.143. The molecule has 0 aliphatic carbocycles. The first-order chi connectivity index (χ1) is 7.38. The summed E-state index contributed by atoms with van der Waals surface area (Å²) in [5, 5.41) is 0. The molecule has 0 fully saturated rings. The summed E-state index contributed by atoms with van der Waals surface area (Å²) < 4.78 is 5.35. The molecule has 1 aromatic rings. The highest BCUT2D eigenvalue weighted by molar-refractivity contribution is 5.40. The average Bonchev–Trinajstić information content (AvgIpc) is 2.26. The van der Waals surface area contributed by atoms with Crippen molar-refractivity contribution in [3.05, 3.63) is 42.0 Å². The number of allylic oxidation sites excluding steroid dienone is 1. The fourth-order valence-electron chi connectivity index (χ4n) is 1.57. The lowest BCUT2D eigenvalue weighted by molar-refractivity contribution is 0.412. The topological polar surface area (TPSA) is 9.23 Å². The summed E-state index contributed by atoms with van der Waals surface area (Å²) >= 11 is 0. The van der Waals surface area contributed by atoms with Crippen molar-refractivity contribution in [2.75, 3.05) is 7.11 Å². The molecule has 88 valence electrons. The molecule has 0 saturated carbocycles. The highest BCUT2D eigenvalue weighted by atomic mass is 16.5. The van der Waals surface area contributed by atoms with Crippen LogP contribution < -0.4 is 4.74 Å². The monoisotopic (exact) mass is 218 g/mol. The molecular weight excluding hydrogens is 196 g/mol. The largest absolute Gasteiger partial charge is 0.497 e. The fraction of sp³-hybridized carbons (Fsp3) is 0.467. The van der Waals surface area contributed by atoms with Crippen LogP contribution >= 0.6 is 0 Å². The van der Waals surface area contributed by atoms with Gasteiger partial charge in [-0.3, -0.25) is 0 Å². The van der Waals surface area contributed by atoms with Gasteiger partial charge in [0.05, 0.1) is 7.11 Å². The summed E-state index contributed by atoms with van der Waals surface area (Å²) in [7, 11) is 1.71. The zero-order chi connectivity index (χ0) is 12.3. The number of benzene rings is 1. The summed E-state index contributed by atoms with van der Waals surface area (Å²) in [6, 6.07) is 6.44. The SMILES string of the molecule is C=CC(C)c1cc(OC)cc(C(C)(C)C)c1. The fourth-order valence-corrected chi connectivity index (χ4v) is 1.57. The van der Waals surface area contributed by atoms with E-state index in [4.69, 9.17) is 4.74 Å². The van der Waals surface area contributed by atoms with Gasteiger partial charge in [0.1, 0.15) is 5.75 Å².